The molecule has 0 aromatic heterocycles. The van der Waals surface area contributed by atoms with E-state index in [0.29, 0.717) is 12.5 Å². The highest BCUT2D eigenvalue weighted by Gasteiger charge is 2.19. The molecule has 0 radical (unpaired) electrons. The Morgan fingerprint density at radius 3 is 2.00 bits per heavy atom. The van der Waals surface area contributed by atoms with E-state index in [0.717, 1.165) is 13.0 Å². The molecule has 1 rings (SSSR count). The molecule has 0 aliphatic carbocycles. The summed E-state index contributed by atoms with van der Waals surface area (Å²) in [5.74, 6) is 0.648. The van der Waals surface area contributed by atoms with Crippen LogP contribution in [0, 0.1) is 5.92 Å². The molecule has 2 N–H and O–H groups in total. The van der Waals surface area contributed by atoms with Gasteiger partial charge in [-0.15, -0.1) is 0 Å². The Balaban J connectivity index is 0.000000183. The third-order valence-corrected chi connectivity index (χ3v) is 1.31. The van der Waals surface area contributed by atoms with E-state index in [-0.39, 0.29) is 12.7 Å². The van der Waals surface area contributed by atoms with Crippen molar-refractivity contribution in [3.8, 4) is 0 Å². The molecule has 0 spiro atoms. The fraction of sp³-hybridized carbons (Fsp3) is 1.00. The summed E-state index contributed by atoms with van der Waals surface area (Å²) >= 11 is 0. The van der Waals surface area contributed by atoms with Gasteiger partial charge in [0.1, 0.15) is 6.10 Å². The van der Waals surface area contributed by atoms with Crippen LogP contribution in [0.2, 0.25) is 0 Å². The van der Waals surface area contributed by atoms with Crippen LogP contribution < -0.4 is 0 Å². The van der Waals surface area contributed by atoms with Crippen LogP contribution in [0.25, 0.3) is 0 Å². The molecule has 3 nitrogen and oxygen atoms in total. The molecule has 1 aliphatic heterocycles. The second kappa shape index (κ2) is 6.58. The maximum atomic E-state index is 8.24. The number of hydrogen-bond donors (Lipinski definition) is 2. The van der Waals surface area contributed by atoms with Crippen LogP contribution in [0.15, 0.2) is 0 Å². The van der Waals surface area contributed by atoms with Crippen molar-refractivity contribution in [2.75, 3.05) is 19.8 Å². The largest absolute Gasteiger partial charge is 0.396 e. The number of ether oxygens (including phenoxy) is 1. The van der Waals surface area contributed by atoms with Gasteiger partial charge in [0, 0.05) is 6.61 Å². The fourth-order valence-electron chi connectivity index (χ4n) is 0.432. The Morgan fingerprint density at radius 2 is 2.00 bits per heavy atom. The minimum Gasteiger partial charge on any atom is -0.396 e. The van der Waals surface area contributed by atoms with Gasteiger partial charge >= 0.3 is 0 Å². The Labute approximate surface area is 68.0 Å². The highest BCUT2D eigenvalue weighted by molar-refractivity contribution is 4.65. The van der Waals surface area contributed by atoms with Crippen molar-refractivity contribution in [2.24, 2.45) is 5.92 Å². The highest BCUT2D eigenvalue weighted by Crippen LogP contribution is 2.04. The zero-order chi connectivity index (χ0) is 8.69. The molecule has 0 aromatic rings. The van der Waals surface area contributed by atoms with E-state index in [2.05, 4.69) is 18.6 Å². The van der Waals surface area contributed by atoms with E-state index in [1.807, 2.05) is 0 Å². The molecule has 1 heterocycles. The van der Waals surface area contributed by atoms with Crippen LogP contribution in [-0.2, 0) is 4.74 Å². The summed E-state index contributed by atoms with van der Waals surface area (Å²) in [6, 6.07) is 0. The lowest BCUT2D eigenvalue weighted by Crippen LogP contribution is -1.89. The van der Waals surface area contributed by atoms with E-state index < -0.39 is 0 Å². The van der Waals surface area contributed by atoms with Crippen molar-refractivity contribution in [3.05, 3.63) is 0 Å². The number of hydrogen-bond acceptors (Lipinski definition) is 3. The summed E-state index contributed by atoms with van der Waals surface area (Å²) in [7, 11) is 0. The minimum absolute atomic E-state index is 0.190. The Bertz CT molecular complexity index is 79.4. The maximum Gasteiger partial charge on any atom is 0.104 e. The zero-order valence-corrected chi connectivity index (χ0v) is 7.29. The van der Waals surface area contributed by atoms with Crippen molar-refractivity contribution in [3.63, 3.8) is 0 Å². The van der Waals surface area contributed by atoms with Crippen molar-refractivity contribution < 1.29 is 14.9 Å². The first-order valence-corrected chi connectivity index (χ1v) is 4.04. The van der Waals surface area contributed by atoms with Gasteiger partial charge in [-0.3, -0.25) is 0 Å². The maximum absolute atomic E-state index is 8.24. The molecular formula is C8H18O3. The number of aliphatic hydroxyl groups excluding tert-OH is 2. The van der Waals surface area contributed by atoms with E-state index in [9.17, 15) is 0 Å². The first-order chi connectivity index (χ1) is 5.20. The molecule has 0 amide bonds. The Kier molecular flexibility index (Phi) is 6.51. The molecule has 0 aromatic carbocycles. The second-order valence-corrected chi connectivity index (χ2v) is 3.04. The lowest BCUT2D eigenvalue weighted by atomic mass is 10.2. The van der Waals surface area contributed by atoms with Gasteiger partial charge in [-0.2, -0.15) is 0 Å². The van der Waals surface area contributed by atoms with Gasteiger partial charge < -0.3 is 14.9 Å². The van der Waals surface area contributed by atoms with Gasteiger partial charge in [0.25, 0.3) is 0 Å². The van der Waals surface area contributed by atoms with E-state index in [1.54, 1.807) is 0 Å². The van der Waals surface area contributed by atoms with Crippen LogP contribution >= 0.6 is 0 Å². The predicted molar refractivity (Wildman–Crippen MR) is 43.4 cm³/mol. The SMILES string of the molecule is CC(C)CCO.OCC1CO1. The molecule has 1 aliphatic rings. The second-order valence-electron chi connectivity index (χ2n) is 3.04. The summed E-state index contributed by atoms with van der Waals surface area (Å²) < 4.78 is 4.61. The van der Waals surface area contributed by atoms with Crippen LogP contribution in [-0.4, -0.2) is 36.1 Å². The van der Waals surface area contributed by atoms with Crippen LogP contribution in [0.5, 0.6) is 0 Å². The topological polar surface area (TPSA) is 53.0 Å². The smallest absolute Gasteiger partial charge is 0.104 e. The quantitative estimate of drug-likeness (QED) is 0.591. The summed E-state index contributed by atoms with van der Waals surface area (Å²) in [6.45, 7) is 5.47. The normalized spacial score (nSPS) is 21.0. The van der Waals surface area contributed by atoms with E-state index >= 15 is 0 Å². The van der Waals surface area contributed by atoms with Gasteiger partial charge in [-0.1, -0.05) is 13.8 Å². The molecule has 68 valence electrons. The van der Waals surface area contributed by atoms with Gasteiger partial charge in [0.05, 0.1) is 13.2 Å². The lowest BCUT2D eigenvalue weighted by molar-refractivity contribution is 0.244. The van der Waals surface area contributed by atoms with E-state index in [4.69, 9.17) is 10.2 Å². The van der Waals surface area contributed by atoms with E-state index in [1.165, 1.54) is 0 Å². The molecular weight excluding hydrogens is 144 g/mol. The van der Waals surface area contributed by atoms with Gasteiger partial charge in [0.2, 0.25) is 0 Å². The molecule has 1 fully saturated rings. The lowest BCUT2D eigenvalue weighted by Gasteiger charge is -1.95. The number of aliphatic hydroxyl groups is 2. The summed E-state index contributed by atoms with van der Waals surface area (Å²) in [5.41, 5.74) is 0. The number of rotatable bonds is 3. The third kappa shape index (κ3) is 9.88. The number of epoxide rings is 1. The van der Waals surface area contributed by atoms with Crippen molar-refractivity contribution in [1.29, 1.82) is 0 Å². The minimum atomic E-state index is 0.190. The third-order valence-electron chi connectivity index (χ3n) is 1.31. The monoisotopic (exact) mass is 162 g/mol. The molecule has 1 saturated heterocycles. The van der Waals surface area contributed by atoms with Gasteiger partial charge in [-0.05, 0) is 12.3 Å². The Hall–Kier alpha value is -0.120. The van der Waals surface area contributed by atoms with Gasteiger partial charge in [-0.25, -0.2) is 0 Å². The summed E-state index contributed by atoms with van der Waals surface area (Å²) in [5, 5.41) is 16.3. The fourth-order valence-corrected chi connectivity index (χ4v) is 0.432. The molecule has 1 unspecified atom stereocenters. The molecule has 11 heavy (non-hydrogen) atoms. The average molecular weight is 162 g/mol. The molecule has 0 saturated carbocycles. The highest BCUT2D eigenvalue weighted by atomic mass is 16.6. The summed E-state index contributed by atoms with van der Waals surface area (Å²) in [4.78, 5) is 0. The average Bonchev–Trinajstić information content (AvgIpc) is 2.69. The standard InChI is InChI=1S/C5H12O.C3H6O2/c1-5(2)3-4-6;4-1-3-2-5-3/h5-6H,3-4H2,1-2H3;3-4H,1-2H2. The van der Waals surface area contributed by atoms with Crippen molar-refractivity contribution >= 4 is 0 Å². The first-order valence-electron chi connectivity index (χ1n) is 4.04. The van der Waals surface area contributed by atoms with Crippen LogP contribution in [0.1, 0.15) is 20.3 Å². The van der Waals surface area contributed by atoms with Crippen molar-refractivity contribution in [2.45, 2.75) is 26.4 Å². The zero-order valence-electron chi connectivity index (χ0n) is 7.29. The van der Waals surface area contributed by atoms with Crippen molar-refractivity contribution in [1.82, 2.24) is 0 Å². The van der Waals surface area contributed by atoms with Gasteiger partial charge in [0.15, 0.2) is 0 Å². The van der Waals surface area contributed by atoms with Crippen LogP contribution in [0.4, 0.5) is 0 Å². The molecule has 1 atom stereocenters. The Morgan fingerprint density at radius 1 is 1.45 bits per heavy atom. The predicted octanol–water partition coefficient (Wildman–Crippen LogP) is 0.402. The molecule has 0 bridgehead atoms. The first kappa shape index (κ1) is 10.9. The summed E-state index contributed by atoms with van der Waals surface area (Å²) in [6.07, 6.45) is 1.12. The molecule has 3 heteroatoms. The van der Waals surface area contributed by atoms with Crippen LogP contribution in [0.3, 0.4) is 0 Å².